The fourth-order valence-electron chi connectivity index (χ4n) is 1.71. The van der Waals surface area contributed by atoms with Crippen molar-refractivity contribution < 1.29 is 4.79 Å². The van der Waals surface area contributed by atoms with E-state index in [9.17, 15) is 4.79 Å². The Bertz CT molecular complexity index is 602. The summed E-state index contributed by atoms with van der Waals surface area (Å²) >= 11 is 12.0. The van der Waals surface area contributed by atoms with Gasteiger partial charge >= 0.3 is 0 Å². The first-order valence-electron chi connectivity index (χ1n) is 5.69. The minimum absolute atomic E-state index is 0.182. The lowest BCUT2D eigenvalue weighted by Gasteiger charge is -2.18. The van der Waals surface area contributed by atoms with E-state index in [1.165, 1.54) is 0 Å². The lowest BCUT2D eigenvalue weighted by Crippen LogP contribution is -2.26. The van der Waals surface area contributed by atoms with Crippen molar-refractivity contribution in [2.24, 2.45) is 0 Å². The second-order valence-electron chi connectivity index (χ2n) is 4.09. The molecule has 0 saturated heterocycles. The fraction of sp³-hybridized carbons (Fsp3) is 0.143. The van der Waals surface area contributed by atoms with Crippen molar-refractivity contribution in [3.8, 4) is 0 Å². The Morgan fingerprint density at radius 3 is 2.63 bits per heavy atom. The highest BCUT2D eigenvalue weighted by atomic mass is 35.5. The third-order valence-electron chi connectivity index (χ3n) is 2.70. The summed E-state index contributed by atoms with van der Waals surface area (Å²) in [5.41, 5.74) is 1.28. The summed E-state index contributed by atoms with van der Waals surface area (Å²) in [6.07, 6.45) is 1.55. The predicted octanol–water partition coefficient (Wildman–Crippen LogP) is 3.66. The van der Waals surface area contributed by atoms with Gasteiger partial charge in [0.2, 0.25) is 0 Å². The van der Waals surface area contributed by atoms with Gasteiger partial charge in [-0.15, -0.1) is 0 Å². The second kappa shape index (κ2) is 6.04. The summed E-state index contributed by atoms with van der Waals surface area (Å²) in [4.78, 5) is 17.7. The Balaban J connectivity index is 2.17. The molecule has 5 heteroatoms. The van der Waals surface area contributed by atoms with Gasteiger partial charge < -0.3 is 4.90 Å². The normalized spacial score (nSPS) is 10.3. The fourth-order valence-corrected chi connectivity index (χ4v) is 2.10. The van der Waals surface area contributed by atoms with Gasteiger partial charge in [0.25, 0.3) is 5.91 Å². The quantitative estimate of drug-likeness (QED) is 0.810. The Morgan fingerprint density at radius 1 is 1.21 bits per heavy atom. The van der Waals surface area contributed by atoms with Crippen molar-refractivity contribution in [3.63, 3.8) is 0 Å². The van der Waals surface area contributed by atoms with E-state index >= 15 is 0 Å². The maximum Gasteiger partial charge on any atom is 0.257 e. The maximum absolute atomic E-state index is 12.2. The van der Waals surface area contributed by atoms with Crippen LogP contribution in [0.1, 0.15) is 15.9 Å². The molecule has 0 unspecified atom stereocenters. The molecule has 2 aromatic rings. The van der Waals surface area contributed by atoms with Crippen LogP contribution in [0.2, 0.25) is 10.2 Å². The molecule has 0 spiro atoms. The second-order valence-corrected chi connectivity index (χ2v) is 4.86. The van der Waals surface area contributed by atoms with Gasteiger partial charge in [0.15, 0.2) is 0 Å². The molecular formula is C14H12Cl2N2O. The van der Waals surface area contributed by atoms with E-state index in [4.69, 9.17) is 23.2 Å². The Kier molecular flexibility index (Phi) is 4.40. The van der Waals surface area contributed by atoms with Crippen LogP contribution in [-0.4, -0.2) is 22.8 Å². The number of hydrogen-bond acceptors (Lipinski definition) is 2. The molecular weight excluding hydrogens is 283 g/mol. The first-order chi connectivity index (χ1) is 9.09. The predicted molar refractivity (Wildman–Crippen MR) is 76.5 cm³/mol. The van der Waals surface area contributed by atoms with Crippen molar-refractivity contribution in [1.82, 2.24) is 9.88 Å². The third kappa shape index (κ3) is 3.25. The van der Waals surface area contributed by atoms with Crippen molar-refractivity contribution in [2.75, 3.05) is 7.05 Å². The van der Waals surface area contributed by atoms with Crippen molar-refractivity contribution >= 4 is 29.1 Å². The number of hydrogen-bond donors (Lipinski definition) is 0. The Morgan fingerprint density at radius 2 is 1.95 bits per heavy atom. The van der Waals surface area contributed by atoms with E-state index in [0.29, 0.717) is 17.1 Å². The van der Waals surface area contributed by atoms with Gasteiger partial charge in [-0.2, -0.15) is 0 Å². The van der Waals surface area contributed by atoms with Crippen molar-refractivity contribution in [2.45, 2.75) is 6.54 Å². The number of amides is 1. The molecule has 1 amide bonds. The van der Waals surface area contributed by atoms with Gasteiger partial charge in [-0.3, -0.25) is 4.79 Å². The molecule has 1 heterocycles. The molecule has 98 valence electrons. The molecule has 0 radical (unpaired) electrons. The number of pyridine rings is 1. The minimum atomic E-state index is -0.182. The Labute approximate surface area is 121 Å². The van der Waals surface area contributed by atoms with Crippen LogP contribution in [0.15, 0.2) is 42.6 Å². The number of carbonyl (C=O) groups excluding carboxylic acids is 1. The van der Waals surface area contributed by atoms with E-state index in [0.717, 1.165) is 5.56 Å². The molecule has 0 saturated carbocycles. The standard InChI is InChI=1S/C14H12Cl2N2O/c1-18(9-10-5-2-3-7-12(10)15)14(19)11-6-4-8-17-13(11)16/h2-8H,9H2,1H3. The van der Waals surface area contributed by atoms with Crippen molar-refractivity contribution in [1.29, 1.82) is 0 Å². The molecule has 1 aromatic heterocycles. The molecule has 0 N–H and O–H groups in total. The first kappa shape index (κ1) is 13.8. The lowest BCUT2D eigenvalue weighted by atomic mass is 10.2. The van der Waals surface area contributed by atoms with E-state index in [-0.39, 0.29) is 11.1 Å². The number of aromatic nitrogens is 1. The molecule has 0 bridgehead atoms. The van der Waals surface area contributed by atoms with Gasteiger partial charge in [-0.05, 0) is 23.8 Å². The van der Waals surface area contributed by atoms with Crippen LogP contribution in [0.25, 0.3) is 0 Å². The average molecular weight is 295 g/mol. The van der Waals surface area contributed by atoms with E-state index < -0.39 is 0 Å². The molecule has 2 rings (SSSR count). The molecule has 0 aliphatic rings. The molecule has 0 atom stereocenters. The number of rotatable bonds is 3. The topological polar surface area (TPSA) is 33.2 Å². The SMILES string of the molecule is CN(Cc1ccccc1Cl)C(=O)c1cccnc1Cl. The summed E-state index contributed by atoms with van der Waals surface area (Å²) in [7, 11) is 1.70. The summed E-state index contributed by atoms with van der Waals surface area (Å²) in [6.45, 7) is 0.420. The average Bonchev–Trinajstić information content (AvgIpc) is 2.41. The highest BCUT2D eigenvalue weighted by Gasteiger charge is 2.16. The van der Waals surface area contributed by atoms with Gasteiger partial charge in [0.1, 0.15) is 5.15 Å². The Hall–Kier alpha value is -1.58. The third-order valence-corrected chi connectivity index (χ3v) is 3.37. The van der Waals surface area contributed by atoms with Crippen LogP contribution in [-0.2, 0) is 6.54 Å². The monoisotopic (exact) mass is 294 g/mol. The smallest absolute Gasteiger partial charge is 0.257 e. The molecule has 0 aliphatic heterocycles. The summed E-state index contributed by atoms with van der Waals surface area (Å²) in [5, 5.41) is 0.845. The number of nitrogens with zero attached hydrogens (tertiary/aromatic N) is 2. The van der Waals surface area contributed by atoms with E-state index in [2.05, 4.69) is 4.98 Å². The van der Waals surface area contributed by atoms with Gasteiger partial charge in [0, 0.05) is 24.8 Å². The zero-order valence-electron chi connectivity index (χ0n) is 10.3. The highest BCUT2D eigenvalue weighted by molar-refractivity contribution is 6.32. The minimum Gasteiger partial charge on any atom is -0.337 e. The van der Waals surface area contributed by atoms with E-state index in [1.807, 2.05) is 18.2 Å². The number of benzene rings is 1. The highest BCUT2D eigenvalue weighted by Crippen LogP contribution is 2.19. The zero-order valence-corrected chi connectivity index (χ0v) is 11.8. The van der Waals surface area contributed by atoms with Crippen molar-refractivity contribution in [3.05, 3.63) is 63.9 Å². The van der Waals surface area contributed by atoms with Crippen LogP contribution < -0.4 is 0 Å². The van der Waals surface area contributed by atoms with Crippen LogP contribution in [0.4, 0.5) is 0 Å². The van der Waals surface area contributed by atoms with Crippen LogP contribution in [0.5, 0.6) is 0 Å². The summed E-state index contributed by atoms with van der Waals surface area (Å²) < 4.78 is 0. The molecule has 1 aromatic carbocycles. The largest absolute Gasteiger partial charge is 0.337 e. The maximum atomic E-state index is 12.2. The lowest BCUT2D eigenvalue weighted by molar-refractivity contribution is 0.0785. The molecule has 19 heavy (non-hydrogen) atoms. The molecule has 3 nitrogen and oxygen atoms in total. The van der Waals surface area contributed by atoms with Gasteiger partial charge in [-0.25, -0.2) is 4.98 Å². The molecule has 0 aliphatic carbocycles. The number of carbonyl (C=O) groups is 1. The zero-order chi connectivity index (χ0) is 13.8. The van der Waals surface area contributed by atoms with Gasteiger partial charge in [0.05, 0.1) is 5.56 Å². The first-order valence-corrected chi connectivity index (χ1v) is 6.44. The van der Waals surface area contributed by atoms with Crippen LogP contribution in [0.3, 0.4) is 0 Å². The van der Waals surface area contributed by atoms with Crippen LogP contribution >= 0.6 is 23.2 Å². The van der Waals surface area contributed by atoms with Gasteiger partial charge in [-0.1, -0.05) is 41.4 Å². The van der Waals surface area contributed by atoms with E-state index in [1.54, 1.807) is 36.3 Å². The summed E-state index contributed by atoms with van der Waals surface area (Å²) in [6, 6.07) is 10.8. The summed E-state index contributed by atoms with van der Waals surface area (Å²) in [5.74, 6) is -0.182. The van der Waals surface area contributed by atoms with Crippen LogP contribution in [0, 0.1) is 0 Å². The molecule has 0 fully saturated rings. The number of halogens is 2.